The molecular weight excluding hydrogens is 264 g/mol. The number of aromatic hydroxyl groups is 1. The van der Waals surface area contributed by atoms with Crippen LogP contribution in [0, 0.1) is 0 Å². The van der Waals surface area contributed by atoms with E-state index in [0.717, 1.165) is 11.3 Å². The van der Waals surface area contributed by atoms with Gasteiger partial charge in [-0.25, -0.2) is 4.57 Å². The normalized spacial score (nSPS) is 10.5. The van der Waals surface area contributed by atoms with Crippen LogP contribution in [0.5, 0.6) is 11.5 Å². The largest absolute Gasteiger partial charge is 0.504 e. The van der Waals surface area contributed by atoms with Crippen LogP contribution in [0.1, 0.15) is 11.3 Å². The van der Waals surface area contributed by atoms with E-state index in [-0.39, 0.29) is 5.75 Å². The van der Waals surface area contributed by atoms with Crippen LogP contribution in [-0.2, 0) is 20.2 Å². The molecule has 0 atom stereocenters. The van der Waals surface area contributed by atoms with Crippen LogP contribution in [-0.4, -0.2) is 5.11 Å². The molecule has 0 spiro atoms. The van der Waals surface area contributed by atoms with Crippen molar-refractivity contribution in [2.75, 3.05) is 0 Å². The van der Waals surface area contributed by atoms with Crippen molar-refractivity contribution in [1.82, 2.24) is 0 Å². The van der Waals surface area contributed by atoms with E-state index < -0.39 is 0 Å². The molecule has 1 aromatic carbocycles. The Balaban J connectivity index is 2.11. The van der Waals surface area contributed by atoms with Gasteiger partial charge in [0.1, 0.15) is 13.7 Å². The second-order valence-corrected chi connectivity index (χ2v) is 4.68. The molecule has 0 aliphatic carbocycles. The lowest BCUT2D eigenvalue weighted by molar-refractivity contribution is -0.679. The van der Waals surface area contributed by atoms with Gasteiger partial charge in [-0.1, -0.05) is 23.7 Å². The van der Waals surface area contributed by atoms with Gasteiger partial charge in [0.2, 0.25) is 11.9 Å². The molecule has 0 aliphatic rings. The Morgan fingerprint density at radius 1 is 1.32 bits per heavy atom. The summed E-state index contributed by atoms with van der Waals surface area (Å²) >= 11 is 5.81. The second-order valence-electron chi connectivity index (χ2n) is 4.24. The Kier molecular flexibility index (Phi) is 4.24. The molecule has 0 fully saturated rings. The topological polar surface area (TPSA) is 59.4 Å². The lowest BCUT2D eigenvalue weighted by Gasteiger charge is -2.08. The minimum absolute atomic E-state index is 0.0903. The van der Waals surface area contributed by atoms with E-state index in [9.17, 15) is 5.11 Å². The molecule has 0 aliphatic heterocycles. The molecule has 3 N–H and O–H groups in total. The van der Waals surface area contributed by atoms with Gasteiger partial charge in [-0.05, 0) is 17.7 Å². The fourth-order valence-corrected chi connectivity index (χ4v) is 1.84. The highest BCUT2D eigenvalue weighted by molar-refractivity contribution is 6.30. The minimum Gasteiger partial charge on any atom is -0.504 e. The Morgan fingerprint density at radius 2 is 2.00 bits per heavy atom. The van der Waals surface area contributed by atoms with Crippen LogP contribution in [0.15, 0.2) is 36.5 Å². The molecule has 0 bridgehead atoms. The van der Waals surface area contributed by atoms with E-state index in [1.165, 1.54) is 0 Å². The molecule has 0 saturated carbocycles. The summed E-state index contributed by atoms with van der Waals surface area (Å²) in [6.45, 7) is 0.730. The van der Waals surface area contributed by atoms with Gasteiger partial charge < -0.3 is 15.6 Å². The summed E-state index contributed by atoms with van der Waals surface area (Å²) in [6, 6.07) is 8.98. The highest BCUT2D eigenvalue weighted by atomic mass is 35.5. The van der Waals surface area contributed by atoms with Crippen molar-refractivity contribution < 1.29 is 14.4 Å². The molecule has 1 heterocycles. The first kappa shape index (κ1) is 13.6. The van der Waals surface area contributed by atoms with Crippen LogP contribution in [0.2, 0.25) is 5.02 Å². The van der Waals surface area contributed by atoms with Gasteiger partial charge >= 0.3 is 0 Å². The summed E-state index contributed by atoms with van der Waals surface area (Å²) in [5, 5.41) is 10.5. The highest BCUT2D eigenvalue weighted by Gasteiger charge is 2.13. The van der Waals surface area contributed by atoms with Crippen molar-refractivity contribution >= 4 is 11.6 Å². The fourth-order valence-electron chi connectivity index (χ4n) is 1.71. The molecule has 2 rings (SSSR count). The Morgan fingerprint density at radius 3 is 2.63 bits per heavy atom. The fraction of sp³-hybridized carbons (Fsp3) is 0.214. The molecule has 0 amide bonds. The summed E-state index contributed by atoms with van der Waals surface area (Å²) in [7, 11) is 1.86. The Bertz CT molecular complexity index is 570. The highest BCUT2D eigenvalue weighted by Crippen LogP contribution is 2.25. The molecule has 100 valence electrons. The minimum atomic E-state index is 0.0903. The van der Waals surface area contributed by atoms with E-state index in [2.05, 4.69) is 0 Å². The van der Waals surface area contributed by atoms with E-state index in [1.54, 1.807) is 24.4 Å². The zero-order valence-electron chi connectivity index (χ0n) is 10.6. The lowest BCUT2D eigenvalue weighted by atomic mass is 10.2. The molecule has 19 heavy (non-hydrogen) atoms. The number of nitrogens with zero attached hydrogens (tertiary/aromatic N) is 1. The maximum absolute atomic E-state index is 9.85. The number of pyridine rings is 1. The summed E-state index contributed by atoms with van der Waals surface area (Å²) in [5.41, 5.74) is 7.37. The third kappa shape index (κ3) is 3.36. The average molecular weight is 280 g/mol. The van der Waals surface area contributed by atoms with E-state index in [4.69, 9.17) is 22.1 Å². The lowest BCUT2D eigenvalue weighted by Crippen LogP contribution is -2.34. The number of halogens is 1. The third-order valence-electron chi connectivity index (χ3n) is 2.84. The van der Waals surface area contributed by atoms with Gasteiger partial charge in [0.15, 0.2) is 11.4 Å². The maximum Gasteiger partial charge on any atom is 0.226 e. The predicted octanol–water partition coefficient (Wildman–Crippen LogP) is 1.91. The van der Waals surface area contributed by atoms with Crippen LogP contribution in [0.4, 0.5) is 0 Å². The first-order chi connectivity index (χ1) is 9.10. The zero-order chi connectivity index (χ0) is 13.8. The number of hydrogen-bond donors (Lipinski definition) is 2. The van der Waals surface area contributed by atoms with Gasteiger partial charge in [-0.15, -0.1) is 0 Å². The van der Waals surface area contributed by atoms with Gasteiger partial charge in [0.05, 0.1) is 12.6 Å². The number of ether oxygens (including phenoxy) is 1. The van der Waals surface area contributed by atoms with Gasteiger partial charge in [0, 0.05) is 5.02 Å². The van der Waals surface area contributed by atoms with Gasteiger partial charge in [0.25, 0.3) is 0 Å². The second kappa shape index (κ2) is 5.91. The van der Waals surface area contributed by atoms with Crippen molar-refractivity contribution in [3.8, 4) is 11.5 Å². The number of benzene rings is 1. The van der Waals surface area contributed by atoms with Crippen molar-refractivity contribution in [1.29, 1.82) is 0 Å². The molecular formula is C14H16ClN2O2+. The van der Waals surface area contributed by atoms with E-state index >= 15 is 0 Å². The standard InChI is InChI=1S/C14H15ClN2O2/c1-17-8-14(13(18)6-12(17)7-16)19-9-10-2-4-11(15)5-3-10/h2-6,8H,7,9,16H2,1H3/p+1. The van der Waals surface area contributed by atoms with Crippen molar-refractivity contribution in [3.63, 3.8) is 0 Å². The molecule has 1 aromatic heterocycles. The quantitative estimate of drug-likeness (QED) is 0.841. The first-order valence-electron chi connectivity index (χ1n) is 5.89. The van der Waals surface area contributed by atoms with Crippen molar-refractivity contribution in [3.05, 3.63) is 52.8 Å². The monoisotopic (exact) mass is 279 g/mol. The first-order valence-corrected chi connectivity index (χ1v) is 6.27. The molecule has 0 unspecified atom stereocenters. The molecule has 5 heteroatoms. The number of aryl methyl sites for hydroxylation is 1. The van der Waals surface area contributed by atoms with E-state index in [1.807, 2.05) is 23.7 Å². The third-order valence-corrected chi connectivity index (χ3v) is 3.09. The molecule has 0 saturated heterocycles. The van der Waals surface area contributed by atoms with Crippen LogP contribution in [0.3, 0.4) is 0 Å². The Hall–Kier alpha value is -1.78. The number of nitrogens with two attached hydrogens (primary N) is 1. The SMILES string of the molecule is C[n+]1cc(OCc2ccc(Cl)cc2)c(O)cc1CN. The van der Waals surface area contributed by atoms with Crippen LogP contribution in [0.25, 0.3) is 0 Å². The van der Waals surface area contributed by atoms with Crippen molar-refractivity contribution in [2.24, 2.45) is 12.8 Å². The summed E-state index contributed by atoms with van der Waals surface area (Å²) < 4.78 is 7.42. The zero-order valence-corrected chi connectivity index (χ0v) is 11.4. The average Bonchev–Trinajstić information content (AvgIpc) is 2.41. The van der Waals surface area contributed by atoms with Crippen molar-refractivity contribution in [2.45, 2.75) is 13.2 Å². The molecule has 4 nitrogen and oxygen atoms in total. The summed E-state index contributed by atoms with van der Waals surface area (Å²) in [5.74, 6) is 0.516. The summed E-state index contributed by atoms with van der Waals surface area (Å²) in [4.78, 5) is 0. The number of aromatic nitrogens is 1. The van der Waals surface area contributed by atoms with Crippen LogP contribution < -0.4 is 15.0 Å². The van der Waals surface area contributed by atoms with Crippen LogP contribution >= 0.6 is 11.6 Å². The number of hydrogen-bond acceptors (Lipinski definition) is 3. The number of rotatable bonds is 4. The summed E-state index contributed by atoms with van der Waals surface area (Å²) in [6.07, 6.45) is 1.72. The Labute approximate surface area is 117 Å². The van der Waals surface area contributed by atoms with Gasteiger partial charge in [-0.3, -0.25) is 0 Å². The maximum atomic E-state index is 9.85. The predicted molar refractivity (Wildman–Crippen MR) is 73.0 cm³/mol. The smallest absolute Gasteiger partial charge is 0.226 e. The molecule has 2 aromatic rings. The van der Waals surface area contributed by atoms with E-state index in [0.29, 0.717) is 23.9 Å². The van der Waals surface area contributed by atoms with Gasteiger partial charge in [-0.2, -0.15) is 0 Å². The molecule has 0 radical (unpaired) electrons.